The molecule has 1 aliphatic rings. The van der Waals surface area contributed by atoms with E-state index in [0.29, 0.717) is 6.61 Å². The van der Waals surface area contributed by atoms with E-state index in [1.165, 1.54) is 0 Å². The van der Waals surface area contributed by atoms with Gasteiger partial charge in [-0.1, -0.05) is 25.1 Å². The fourth-order valence-corrected chi connectivity index (χ4v) is 2.57. The van der Waals surface area contributed by atoms with Gasteiger partial charge in [-0.15, -0.1) is 0 Å². The van der Waals surface area contributed by atoms with Crippen LogP contribution in [0.1, 0.15) is 44.7 Å². The molecule has 1 saturated heterocycles. The summed E-state index contributed by atoms with van der Waals surface area (Å²) in [5, 5.41) is 6.39. The predicted octanol–water partition coefficient (Wildman–Crippen LogP) is 2.86. The van der Waals surface area contributed by atoms with Crippen molar-refractivity contribution < 1.29 is 9.53 Å². The maximum atomic E-state index is 12.2. The molecule has 0 spiro atoms. The Morgan fingerprint density at radius 1 is 1.40 bits per heavy atom. The van der Waals surface area contributed by atoms with E-state index >= 15 is 0 Å². The quantitative estimate of drug-likeness (QED) is 0.869. The number of amides is 1. The second-order valence-electron chi connectivity index (χ2n) is 5.21. The summed E-state index contributed by atoms with van der Waals surface area (Å²) in [5.74, 6) is -0.0270. The minimum atomic E-state index is -0.300. The molecule has 2 rings (SSSR count). The average Bonchev–Trinajstić information content (AvgIpc) is 2.49. The SMILES string of the molecule is CCNC(C)c1ccccc1NC(=O)C1CCCCO1. The summed E-state index contributed by atoms with van der Waals surface area (Å²) < 4.78 is 5.53. The monoisotopic (exact) mass is 276 g/mol. The topological polar surface area (TPSA) is 50.4 Å². The molecule has 1 aliphatic heterocycles. The van der Waals surface area contributed by atoms with Crippen molar-refractivity contribution in [1.82, 2.24) is 5.32 Å². The lowest BCUT2D eigenvalue weighted by Gasteiger charge is -2.23. The van der Waals surface area contributed by atoms with Gasteiger partial charge in [0.05, 0.1) is 0 Å². The Balaban J connectivity index is 2.06. The summed E-state index contributed by atoms with van der Waals surface area (Å²) >= 11 is 0. The van der Waals surface area contributed by atoms with E-state index in [1.54, 1.807) is 0 Å². The largest absolute Gasteiger partial charge is 0.368 e. The van der Waals surface area contributed by atoms with Crippen LogP contribution in [0.4, 0.5) is 5.69 Å². The lowest BCUT2D eigenvalue weighted by molar-refractivity contribution is -0.129. The third-order valence-electron chi connectivity index (χ3n) is 3.67. The van der Waals surface area contributed by atoms with Crippen LogP contribution in [-0.2, 0) is 9.53 Å². The van der Waals surface area contributed by atoms with Crippen molar-refractivity contribution in [2.45, 2.75) is 45.3 Å². The van der Waals surface area contributed by atoms with Crippen LogP contribution in [0, 0.1) is 0 Å². The van der Waals surface area contributed by atoms with Crippen molar-refractivity contribution in [2.24, 2.45) is 0 Å². The molecule has 4 nitrogen and oxygen atoms in total. The summed E-state index contributed by atoms with van der Waals surface area (Å²) in [4.78, 5) is 12.2. The van der Waals surface area contributed by atoms with E-state index in [1.807, 2.05) is 24.3 Å². The number of hydrogen-bond acceptors (Lipinski definition) is 3. The van der Waals surface area contributed by atoms with Crippen LogP contribution in [0.2, 0.25) is 0 Å². The number of nitrogens with one attached hydrogen (secondary N) is 2. The lowest BCUT2D eigenvalue weighted by atomic mass is 10.0. The molecule has 2 unspecified atom stereocenters. The van der Waals surface area contributed by atoms with E-state index in [-0.39, 0.29) is 18.1 Å². The summed E-state index contributed by atoms with van der Waals surface area (Å²) in [7, 11) is 0. The summed E-state index contributed by atoms with van der Waals surface area (Å²) in [6.07, 6.45) is 2.63. The van der Waals surface area contributed by atoms with Crippen molar-refractivity contribution in [3.05, 3.63) is 29.8 Å². The number of carbonyl (C=O) groups excluding carboxylic acids is 1. The van der Waals surface area contributed by atoms with Gasteiger partial charge in [-0.25, -0.2) is 0 Å². The van der Waals surface area contributed by atoms with Crippen LogP contribution in [0.15, 0.2) is 24.3 Å². The molecule has 1 aromatic carbocycles. The molecular weight excluding hydrogens is 252 g/mol. The maximum Gasteiger partial charge on any atom is 0.253 e. The van der Waals surface area contributed by atoms with Gasteiger partial charge in [0.25, 0.3) is 5.91 Å². The second kappa shape index (κ2) is 7.41. The highest BCUT2D eigenvalue weighted by Crippen LogP contribution is 2.23. The highest BCUT2D eigenvalue weighted by Gasteiger charge is 2.23. The van der Waals surface area contributed by atoms with Crippen molar-refractivity contribution in [3.8, 4) is 0 Å². The molecule has 4 heteroatoms. The zero-order valence-corrected chi connectivity index (χ0v) is 12.3. The Morgan fingerprint density at radius 2 is 2.20 bits per heavy atom. The first-order chi connectivity index (χ1) is 9.72. The number of para-hydroxylation sites is 1. The van der Waals surface area contributed by atoms with Gasteiger partial charge < -0.3 is 15.4 Å². The van der Waals surface area contributed by atoms with Gasteiger partial charge in [0.2, 0.25) is 0 Å². The summed E-state index contributed by atoms with van der Waals surface area (Å²) in [6, 6.07) is 8.15. The van der Waals surface area contributed by atoms with Gasteiger partial charge in [-0.2, -0.15) is 0 Å². The number of carbonyl (C=O) groups is 1. The Bertz CT molecular complexity index is 442. The maximum absolute atomic E-state index is 12.2. The van der Waals surface area contributed by atoms with Crippen LogP contribution < -0.4 is 10.6 Å². The van der Waals surface area contributed by atoms with Gasteiger partial charge in [-0.05, 0) is 44.4 Å². The molecule has 2 atom stereocenters. The molecule has 0 radical (unpaired) electrons. The highest BCUT2D eigenvalue weighted by atomic mass is 16.5. The van der Waals surface area contributed by atoms with Gasteiger partial charge >= 0.3 is 0 Å². The second-order valence-corrected chi connectivity index (χ2v) is 5.21. The standard InChI is InChI=1S/C16H24N2O2/c1-3-17-12(2)13-8-4-5-9-14(13)18-16(19)15-10-6-7-11-20-15/h4-5,8-9,12,15,17H,3,6-7,10-11H2,1-2H3,(H,18,19). The first-order valence-corrected chi connectivity index (χ1v) is 7.47. The molecule has 2 N–H and O–H groups in total. The van der Waals surface area contributed by atoms with Crippen LogP contribution in [0.5, 0.6) is 0 Å². The third kappa shape index (κ3) is 3.81. The van der Waals surface area contributed by atoms with E-state index in [4.69, 9.17) is 4.74 Å². The number of benzene rings is 1. The average molecular weight is 276 g/mol. The van der Waals surface area contributed by atoms with Gasteiger partial charge in [0, 0.05) is 18.3 Å². The number of rotatable bonds is 5. The number of ether oxygens (including phenoxy) is 1. The van der Waals surface area contributed by atoms with E-state index in [9.17, 15) is 4.79 Å². The molecule has 0 aliphatic carbocycles. The van der Waals surface area contributed by atoms with Crippen molar-refractivity contribution in [3.63, 3.8) is 0 Å². The third-order valence-corrected chi connectivity index (χ3v) is 3.67. The van der Waals surface area contributed by atoms with Gasteiger partial charge in [0.15, 0.2) is 0 Å². The van der Waals surface area contributed by atoms with Crippen molar-refractivity contribution >= 4 is 11.6 Å². The van der Waals surface area contributed by atoms with Crippen molar-refractivity contribution in [1.29, 1.82) is 0 Å². The van der Waals surface area contributed by atoms with Crippen molar-refractivity contribution in [2.75, 3.05) is 18.5 Å². The Hall–Kier alpha value is -1.39. The van der Waals surface area contributed by atoms with Crippen LogP contribution in [-0.4, -0.2) is 25.2 Å². The molecule has 1 aromatic rings. The number of hydrogen-bond donors (Lipinski definition) is 2. The molecule has 0 bridgehead atoms. The highest BCUT2D eigenvalue weighted by molar-refractivity contribution is 5.95. The minimum Gasteiger partial charge on any atom is -0.368 e. The molecular formula is C16H24N2O2. The fraction of sp³-hybridized carbons (Fsp3) is 0.562. The molecule has 1 amide bonds. The van der Waals surface area contributed by atoms with E-state index < -0.39 is 0 Å². The molecule has 1 fully saturated rings. The molecule has 0 saturated carbocycles. The van der Waals surface area contributed by atoms with Crippen LogP contribution in [0.3, 0.4) is 0 Å². The van der Waals surface area contributed by atoms with Crippen LogP contribution in [0.25, 0.3) is 0 Å². The van der Waals surface area contributed by atoms with Gasteiger partial charge in [-0.3, -0.25) is 4.79 Å². The molecule has 20 heavy (non-hydrogen) atoms. The zero-order chi connectivity index (χ0) is 14.4. The molecule has 110 valence electrons. The van der Waals surface area contributed by atoms with Gasteiger partial charge in [0.1, 0.15) is 6.10 Å². The number of anilines is 1. The predicted molar refractivity (Wildman–Crippen MR) is 80.8 cm³/mol. The Labute approximate surface area is 120 Å². The smallest absolute Gasteiger partial charge is 0.253 e. The fourth-order valence-electron chi connectivity index (χ4n) is 2.57. The van der Waals surface area contributed by atoms with E-state index in [0.717, 1.165) is 37.1 Å². The normalized spacial score (nSPS) is 20.4. The summed E-state index contributed by atoms with van der Waals surface area (Å²) in [5.41, 5.74) is 1.98. The first-order valence-electron chi connectivity index (χ1n) is 7.47. The Morgan fingerprint density at radius 3 is 2.90 bits per heavy atom. The minimum absolute atomic E-state index is 0.0270. The lowest BCUT2D eigenvalue weighted by Crippen LogP contribution is -2.33. The zero-order valence-electron chi connectivity index (χ0n) is 12.3. The molecule has 1 heterocycles. The Kier molecular flexibility index (Phi) is 5.56. The van der Waals surface area contributed by atoms with Crippen LogP contribution >= 0.6 is 0 Å². The van der Waals surface area contributed by atoms with E-state index in [2.05, 4.69) is 24.5 Å². The first kappa shape index (κ1) is 15.0. The molecule has 0 aromatic heterocycles. The summed E-state index contributed by atoms with van der Waals surface area (Å²) in [6.45, 7) is 5.77.